The monoisotopic (exact) mass is 319 g/mol. The van der Waals surface area contributed by atoms with E-state index in [9.17, 15) is 15.2 Å². The Hall–Kier alpha value is -2.60. The van der Waals surface area contributed by atoms with Crippen LogP contribution in [0, 0.1) is 10.1 Å². The van der Waals surface area contributed by atoms with Crippen LogP contribution in [0.2, 0.25) is 0 Å². The lowest BCUT2D eigenvalue weighted by molar-refractivity contribution is -0.468. The van der Waals surface area contributed by atoms with E-state index in [-0.39, 0.29) is 18.4 Å². The number of phenolic OH excluding ortho intramolecular Hbond substituents is 1. The van der Waals surface area contributed by atoms with Crippen LogP contribution in [0.4, 0.5) is 0 Å². The smallest absolute Gasteiger partial charge is 0.222 e. The van der Waals surface area contributed by atoms with E-state index in [1.807, 2.05) is 6.92 Å². The molecule has 0 radical (unpaired) electrons. The maximum Gasteiger partial charge on any atom is 0.222 e. The number of ether oxygens (including phenoxy) is 2. The van der Waals surface area contributed by atoms with E-state index < -0.39 is 4.92 Å². The molecular weight excluding hydrogens is 298 g/mol. The first-order valence-electron chi connectivity index (χ1n) is 7.03. The lowest BCUT2D eigenvalue weighted by atomic mass is 10.1. The van der Waals surface area contributed by atoms with Crippen LogP contribution < -0.4 is 4.74 Å². The predicted molar refractivity (Wildman–Crippen MR) is 89.2 cm³/mol. The summed E-state index contributed by atoms with van der Waals surface area (Å²) in [5, 5.41) is 20.2. The van der Waals surface area contributed by atoms with Crippen molar-refractivity contribution in [1.82, 2.24) is 0 Å². The Kier molecular flexibility index (Phi) is 7.56. The van der Waals surface area contributed by atoms with E-state index >= 15 is 0 Å². The summed E-state index contributed by atoms with van der Waals surface area (Å²) in [5.41, 5.74) is 1.40. The number of aromatic hydroxyl groups is 1. The molecule has 0 aliphatic rings. The molecule has 0 bridgehead atoms. The number of allylic oxidation sites excluding steroid dienone is 3. The van der Waals surface area contributed by atoms with Crippen LogP contribution in [0.1, 0.15) is 12.5 Å². The fourth-order valence-electron chi connectivity index (χ4n) is 1.71. The van der Waals surface area contributed by atoms with Gasteiger partial charge in [0.1, 0.15) is 11.5 Å². The van der Waals surface area contributed by atoms with Gasteiger partial charge in [0.15, 0.2) is 0 Å². The summed E-state index contributed by atoms with van der Waals surface area (Å²) in [4.78, 5) is 10.1. The van der Waals surface area contributed by atoms with Crippen LogP contribution in [0.15, 0.2) is 48.1 Å². The minimum atomic E-state index is -0.404. The van der Waals surface area contributed by atoms with Crippen molar-refractivity contribution in [3.8, 4) is 11.5 Å². The van der Waals surface area contributed by atoms with Gasteiger partial charge in [-0.25, -0.2) is 0 Å². The maximum absolute atomic E-state index is 10.5. The van der Waals surface area contributed by atoms with Gasteiger partial charge in [-0.05, 0) is 36.3 Å². The van der Waals surface area contributed by atoms with Crippen molar-refractivity contribution in [2.75, 3.05) is 20.8 Å². The Morgan fingerprint density at radius 1 is 1.35 bits per heavy atom. The minimum absolute atomic E-state index is 0.0865. The molecule has 0 fully saturated rings. The third-order valence-electron chi connectivity index (χ3n) is 3.03. The van der Waals surface area contributed by atoms with Crippen LogP contribution in [0.5, 0.6) is 11.5 Å². The molecule has 0 heterocycles. The van der Waals surface area contributed by atoms with Crippen LogP contribution in [0.25, 0.3) is 6.08 Å². The van der Waals surface area contributed by atoms with Gasteiger partial charge in [0, 0.05) is 18.1 Å². The van der Waals surface area contributed by atoms with Gasteiger partial charge in [-0.2, -0.15) is 0 Å². The highest BCUT2D eigenvalue weighted by Gasteiger charge is 1.99. The minimum Gasteiger partial charge on any atom is -0.508 e. The Balaban J connectivity index is 2.99. The van der Waals surface area contributed by atoms with E-state index in [2.05, 4.69) is 0 Å². The van der Waals surface area contributed by atoms with Gasteiger partial charge in [0.2, 0.25) is 6.54 Å². The summed E-state index contributed by atoms with van der Waals surface area (Å²) in [6, 6.07) is 4.83. The van der Waals surface area contributed by atoms with E-state index in [4.69, 9.17) is 9.47 Å². The standard InChI is InChI=1S/C17H21NO5/c1-13(22-2)4-5-14(8-9-18(20)21)6-7-15-10-16(19)12-17(11-15)23-3/h4-8,10-13,19H,9H2,1-3H3/b5-4-,7-6-,14-8+. The highest BCUT2D eigenvalue weighted by Crippen LogP contribution is 2.22. The molecule has 0 spiro atoms. The van der Waals surface area contributed by atoms with Crippen LogP contribution in [0.3, 0.4) is 0 Å². The van der Waals surface area contributed by atoms with Crippen molar-refractivity contribution in [2.24, 2.45) is 0 Å². The Morgan fingerprint density at radius 3 is 2.70 bits per heavy atom. The fourth-order valence-corrected chi connectivity index (χ4v) is 1.71. The topological polar surface area (TPSA) is 81.8 Å². The summed E-state index contributed by atoms with van der Waals surface area (Å²) >= 11 is 0. The predicted octanol–water partition coefficient (Wildman–Crippen LogP) is 3.21. The molecule has 1 rings (SSSR count). The van der Waals surface area contributed by atoms with E-state index in [1.54, 1.807) is 43.5 Å². The molecule has 1 N–H and O–H groups in total. The zero-order valence-electron chi connectivity index (χ0n) is 13.4. The lowest BCUT2D eigenvalue weighted by Crippen LogP contribution is -2.00. The maximum atomic E-state index is 10.5. The van der Waals surface area contributed by atoms with Crippen molar-refractivity contribution in [3.05, 3.63) is 63.8 Å². The van der Waals surface area contributed by atoms with Gasteiger partial charge in [0.05, 0.1) is 13.2 Å². The first kappa shape index (κ1) is 18.4. The van der Waals surface area contributed by atoms with Gasteiger partial charge < -0.3 is 14.6 Å². The first-order chi connectivity index (χ1) is 10.9. The molecule has 6 heteroatoms. The van der Waals surface area contributed by atoms with Gasteiger partial charge in [0.25, 0.3) is 0 Å². The quantitative estimate of drug-likeness (QED) is 0.452. The SMILES string of the molecule is COc1cc(O)cc(\C=C/C(/C=C\C(C)OC)=C/C[N+](=O)[O-])c1. The number of nitro groups is 1. The summed E-state index contributed by atoms with van der Waals surface area (Å²) in [7, 11) is 3.10. The average molecular weight is 319 g/mol. The van der Waals surface area contributed by atoms with Crippen molar-refractivity contribution < 1.29 is 19.5 Å². The average Bonchev–Trinajstić information content (AvgIpc) is 2.52. The molecule has 0 aliphatic heterocycles. The lowest BCUT2D eigenvalue weighted by Gasteiger charge is -2.03. The molecule has 0 amide bonds. The number of hydrogen-bond acceptors (Lipinski definition) is 5. The molecule has 1 aromatic carbocycles. The van der Waals surface area contributed by atoms with Crippen LogP contribution in [-0.2, 0) is 4.74 Å². The van der Waals surface area contributed by atoms with E-state index in [1.165, 1.54) is 19.3 Å². The summed E-state index contributed by atoms with van der Waals surface area (Å²) in [6.45, 7) is 1.60. The molecule has 23 heavy (non-hydrogen) atoms. The second kappa shape index (κ2) is 9.42. The molecule has 0 aromatic heterocycles. The van der Waals surface area contributed by atoms with Crippen molar-refractivity contribution >= 4 is 6.08 Å². The molecule has 124 valence electrons. The number of hydrogen-bond donors (Lipinski definition) is 1. The van der Waals surface area contributed by atoms with Crippen LogP contribution in [-0.4, -0.2) is 36.9 Å². The van der Waals surface area contributed by atoms with Crippen molar-refractivity contribution in [3.63, 3.8) is 0 Å². The van der Waals surface area contributed by atoms with Crippen LogP contribution >= 0.6 is 0 Å². The van der Waals surface area contributed by atoms with Gasteiger partial charge in [-0.15, -0.1) is 0 Å². The summed E-state index contributed by atoms with van der Waals surface area (Å²) in [5.74, 6) is 0.618. The number of phenols is 1. The van der Waals surface area contributed by atoms with E-state index in [0.717, 1.165) is 5.56 Å². The molecular formula is C17H21NO5. The Bertz CT molecular complexity index is 619. The summed E-state index contributed by atoms with van der Waals surface area (Å²) < 4.78 is 10.2. The molecule has 0 saturated heterocycles. The van der Waals surface area contributed by atoms with Gasteiger partial charge in [-0.3, -0.25) is 10.1 Å². The molecule has 0 saturated carbocycles. The number of nitrogens with zero attached hydrogens (tertiary/aromatic N) is 1. The second-order valence-corrected chi connectivity index (χ2v) is 4.82. The van der Waals surface area contributed by atoms with Gasteiger partial charge in [-0.1, -0.05) is 24.3 Å². The zero-order valence-corrected chi connectivity index (χ0v) is 13.4. The Morgan fingerprint density at radius 2 is 2.09 bits per heavy atom. The highest BCUT2D eigenvalue weighted by atomic mass is 16.6. The Labute approximate surface area is 135 Å². The number of rotatable bonds is 8. The third-order valence-corrected chi connectivity index (χ3v) is 3.03. The molecule has 1 aromatic rings. The normalized spacial score (nSPS) is 13.6. The third kappa shape index (κ3) is 7.28. The molecule has 0 aliphatic carbocycles. The number of benzene rings is 1. The van der Waals surface area contributed by atoms with Gasteiger partial charge >= 0.3 is 0 Å². The number of methoxy groups -OCH3 is 2. The molecule has 1 atom stereocenters. The summed E-state index contributed by atoms with van der Waals surface area (Å²) in [6.07, 6.45) is 8.46. The fraction of sp³-hybridized carbons (Fsp3) is 0.294. The van der Waals surface area contributed by atoms with Crippen molar-refractivity contribution in [1.29, 1.82) is 0 Å². The molecule has 1 unspecified atom stereocenters. The second-order valence-electron chi connectivity index (χ2n) is 4.82. The molecule has 6 nitrogen and oxygen atoms in total. The zero-order chi connectivity index (χ0) is 17.2. The highest BCUT2D eigenvalue weighted by molar-refractivity contribution is 5.58. The largest absolute Gasteiger partial charge is 0.508 e. The van der Waals surface area contributed by atoms with E-state index in [0.29, 0.717) is 11.3 Å². The van der Waals surface area contributed by atoms with Crippen molar-refractivity contribution in [2.45, 2.75) is 13.0 Å². The first-order valence-corrected chi connectivity index (χ1v) is 7.03.